The molecule has 2 nitrogen and oxygen atoms in total. The van der Waals surface area contributed by atoms with Crippen molar-refractivity contribution in [2.75, 3.05) is 20.2 Å². The third kappa shape index (κ3) is 1.18. The van der Waals surface area contributed by atoms with E-state index in [0.717, 1.165) is 18.9 Å². The molecule has 64 valence electrons. The van der Waals surface area contributed by atoms with Crippen molar-refractivity contribution in [3.63, 3.8) is 0 Å². The van der Waals surface area contributed by atoms with E-state index in [-0.39, 0.29) is 0 Å². The molecule has 0 bridgehead atoms. The highest BCUT2D eigenvalue weighted by Crippen LogP contribution is 2.32. The van der Waals surface area contributed by atoms with E-state index < -0.39 is 0 Å². The summed E-state index contributed by atoms with van der Waals surface area (Å²) in [7, 11) is 1.97. The summed E-state index contributed by atoms with van der Waals surface area (Å²) in [6, 6.07) is 8.26. The van der Waals surface area contributed by atoms with Gasteiger partial charge in [-0.05, 0) is 13.1 Å². The van der Waals surface area contributed by atoms with Crippen LogP contribution in [0.15, 0.2) is 24.3 Å². The Bertz CT molecular complexity index is 270. The lowest BCUT2D eigenvalue weighted by Crippen LogP contribution is -2.17. The molecule has 0 saturated heterocycles. The van der Waals surface area contributed by atoms with Crippen molar-refractivity contribution in [2.45, 2.75) is 5.92 Å². The van der Waals surface area contributed by atoms with Crippen molar-refractivity contribution in [1.82, 2.24) is 5.32 Å². The fraction of sp³-hybridized carbons (Fsp3) is 0.400. The van der Waals surface area contributed by atoms with Crippen molar-refractivity contribution in [3.05, 3.63) is 29.8 Å². The minimum absolute atomic E-state index is 0.534. The van der Waals surface area contributed by atoms with Crippen molar-refractivity contribution in [3.8, 4) is 5.75 Å². The van der Waals surface area contributed by atoms with Gasteiger partial charge in [-0.15, -0.1) is 0 Å². The van der Waals surface area contributed by atoms with Crippen LogP contribution in [0.4, 0.5) is 0 Å². The predicted octanol–water partition coefficient (Wildman–Crippen LogP) is 1.38. The van der Waals surface area contributed by atoms with E-state index in [4.69, 9.17) is 4.74 Å². The maximum atomic E-state index is 5.52. The summed E-state index contributed by atoms with van der Waals surface area (Å²) in [5, 5.41) is 3.17. The molecule has 1 atom stereocenters. The molecule has 1 aliphatic heterocycles. The Morgan fingerprint density at radius 1 is 1.50 bits per heavy atom. The van der Waals surface area contributed by atoms with Crippen LogP contribution in [0.5, 0.6) is 5.75 Å². The lowest BCUT2D eigenvalue weighted by Gasteiger charge is -2.06. The largest absolute Gasteiger partial charge is 0.493 e. The molecule has 12 heavy (non-hydrogen) atoms. The van der Waals surface area contributed by atoms with Crippen LogP contribution in [0.3, 0.4) is 0 Å². The van der Waals surface area contributed by atoms with Crippen LogP contribution < -0.4 is 10.1 Å². The molecule has 2 heteroatoms. The van der Waals surface area contributed by atoms with Gasteiger partial charge < -0.3 is 10.1 Å². The summed E-state index contributed by atoms with van der Waals surface area (Å²) >= 11 is 0. The SMILES string of the molecule is CNC[C@H]1COc2ccccc21. The summed E-state index contributed by atoms with van der Waals surface area (Å²) in [6.45, 7) is 1.82. The third-order valence-corrected chi connectivity index (χ3v) is 2.25. The highest BCUT2D eigenvalue weighted by atomic mass is 16.5. The van der Waals surface area contributed by atoms with Crippen molar-refractivity contribution in [2.24, 2.45) is 0 Å². The molecule has 1 aliphatic rings. The zero-order valence-electron chi connectivity index (χ0n) is 7.21. The standard InChI is InChI=1S/C10H13NO/c1-11-6-8-7-12-10-5-3-2-4-9(8)10/h2-5,8,11H,6-7H2,1H3/t8-/m0/s1. The minimum atomic E-state index is 0.534. The Morgan fingerprint density at radius 2 is 2.33 bits per heavy atom. The minimum Gasteiger partial charge on any atom is -0.493 e. The van der Waals surface area contributed by atoms with E-state index in [2.05, 4.69) is 17.4 Å². The number of hydrogen-bond donors (Lipinski definition) is 1. The van der Waals surface area contributed by atoms with Crippen LogP contribution in [-0.4, -0.2) is 20.2 Å². The molecule has 0 aliphatic carbocycles. The lowest BCUT2D eigenvalue weighted by molar-refractivity contribution is 0.328. The van der Waals surface area contributed by atoms with Gasteiger partial charge in [0.05, 0.1) is 6.61 Å². The molecule has 1 aromatic carbocycles. The van der Waals surface area contributed by atoms with Gasteiger partial charge in [0, 0.05) is 18.0 Å². The summed E-state index contributed by atoms with van der Waals surface area (Å²) in [6.07, 6.45) is 0. The number of likely N-dealkylation sites (N-methyl/N-ethyl adjacent to an activating group) is 1. The molecule has 0 saturated carbocycles. The zero-order chi connectivity index (χ0) is 8.39. The van der Waals surface area contributed by atoms with Crippen LogP contribution in [0.1, 0.15) is 11.5 Å². The summed E-state index contributed by atoms with van der Waals surface area (Å²) in [5.74, 6) is 1.59. The smallest absolute Gasteiger partial charge is 0.122 e. The first-order chi connectivity index (χ1) is 5.92. The Hall–Kier alpha value is -1.02. The van der Waals surface area contributed by atoms with Crippen molar-refractivity contribution < 1.29 is 4.74 Å². The monoisotopic (exact) mass is 163 g/mol. The third-order valence-electron chi connectivity index (χ3n) is 2.25. The summed E-state index contributed by atoms with van der Waals surface area (Å²) in [5.41, 5.74) is 1.34. The van der Waals surface area contributed by atoms with Crippen LogP contribution in [0.25, 0.3) is 0 Å². The van der Waals surface area contributed by atoms with Gasteiger partial charge in [0.25, 0.3) is 0 Å². The van der Waals surface area contributed by atoms with E-state index in [1.165, 1.54) is 5.56 Å². The van der Waals surface area contributed by atoms with Crippen LogP contribution >= 0.6 is 0 Å². The van der Waals surface area contributed by atoms with Gasteiger partial charge in [-0.1, -0.05) is 18.2 Å². The molecule has 1 heterocycles. The Labute approximate surface area is 72.5 Å². The highest BCUT2D eigenvalue weighted by Gasteiger charge is 2.22. The molecule has 0 aromatic heterocycles. The normalized spacial score (nSPS) is 20.2. The molecule has 0 spiro atoms. The second kappa shape index (κ2) is 3.15. The van der Waals surface area contributed by atoms with Gasteiger partial charge in [0.2, 0.25) is 0 Å². The van der Waals surface area contributed by atoms with Crippen molar-refractivity contribution >= 4 is 0 Å². The fourth-order valence-electron chi connectivity index (χ4n) is 1.64. The highest BCUT2D eigenvalue weighted by molar-refractivity contribution is 5.39. The zero-order valence-corrected chi connectivity index (χ0v) is 7.21. The maximum absolute atomic E-state index is 5.52. The van der Waals surface area contributed by atoms with Crippen LogP contribution in [0, 0.1) is 0 Å². The number of fused-ring (bicyclic) bond motifs is 1. The number of rotatable bonds is 2. The second-order valence-electron chi connectivity index (χ2n) is 3.10. The molecule has 2 rings (SSSR count). The number of nitrogens with one attached hydrogen (secondary N) is 1. The quantitative estimate of drug-likeness (QED) is 0.711. The average Bonchev–Trinajstić information content (AvgIpc) is 2.50. The number of para-hydroxylation sites is 1. The van der Waals surface area contributed by atoms with E-state index in [1.54, 1.807) is 0 Å². The molecule has 0 radical (unpaired) electrons. The van der Waals surface area contributed by atoms with Gasteiger partial charge in [0.1, 0.15) is 5.75 Å². The Balaban J connectivity index is 2.24. The molecular formula is C10H13NO. The van der Waals surface area contributed by atoms with Gasteiger partial charge in [-0.2, -0.15) is 0 Å². The van der Waals surface area contributed by atoms with E-state index in [1.807, 2.05) is 19.2 Å². The van der Waals surface area contributed by atoms with Gasteiger partial charge >= 0.3 is 0 Å². The maximum Gasteiger partial charge on any atom is 0.122 e. The Kier molecular flexibility index (Phi) is 2.00. The van der Waals surface area contributed by atoms with E-state index in [0.29, 0.717) is 5.92 Å². The molecule has 0 unspecified atom stereocenters. The number of benzene rings is 1. The summed E-state index contributed by atoms with van der Waals surface area (Å²) < 4.78 is 5.52. The van der Waals surface area contributed by atoms with Gasteiger partial charge in [-0.25, -0.2) is 0 Å². The first-order valence-electron chi connectivity index (χ1n) is 4.28. The number of ether oxygens (including phenoxy) is 1. The average molecular weight is 163 g/mol. The van der Waals surface area contributed by atoms with Gasteiger partial charge in [0.15, 0.2) is 0 Å². The molecule has 0 fully saturated rings. The molecule has 1 aromatic rings. The first kappa shape index (κ1) is 7.62. The topological polar surface area (TPSA) is 21.3 Å². The van der Waals surface area contributed by atoms with Crippen molar-refractivity contribution in [1.29, 1.82) is 0 Å². The Morgan fingerprint density at radius 3 is 3.17 bits per heavy atom. The lowest BCUT2D eigenvalue weighted by atomic mass is 10.0. The van der Waals surface area contributed by atoms with E-state index >= 15 is 0 Å². The van der Waals surface area contributed by atoms with Crippen LogP contribution in [0.2, 0.25) is 0 Å². The van der Waals surface area contributed by atoms with Gasteiger partial charge in [-0.3, -0.25) is 0 Å². The fourth-order valence-corrected chi connectivity index (χ4v) is 1.64. The van der Waals surface area contributed by atoms with E-state index in [9.17, 15) is 0 Å². The molecule has 0 amide bonds. The molecule has 1 N–H and O–H groups in total. The predicted molar refractivity (Wildman–Crippen MR) is 48.6 cm³/mol. The van der Waals surface area contributed by atoms with Crippen LogP contribution in [-0.2, 0) is 0 Å². The summed E-state index contributed by atoms with van der Waals surface area (Å²) in [4.78, 5) is 0. The number of hydrogen-bond acceptors (Lipinski definition) is 2. The second-order valence-corrected chi connectivity index (χ2v) is 3.10. The first-order valence-corrected chi connectivity index (χ1v) is 4.28. The molecular weight excluding hydrogens is 150 g/mol.